The van der Waals surface area contributed by atoms with E-state index in [-0.39, 0.29) is 5.97 Å². The number of esters is 1. The summed E-state index contributed by atoms with van der Waals surface area (Å²) in [5.41, 5.74) is 0.406. The van der Waals surface area contributed by atoms with Crippen molar-refractivity contribution in [3.8, 4) is 5.75 Å². The number of carbonyl (C=O) groups excluding carboxylic acids is 1. The minimum atomic E-state index is -0.615. The summed E-state index contributed by atoms with van der Waals surface area (Å²) in [5, 5.41) is 0. The van der Waals surface area contributed by atoms with Crippen LogP contribution in [0.1, 0.15) is 26.3 Å². The van der Waals surface area contributed by atoms with Crippen LogP contribution in [0.25, 0.3) is 6.08 Å². The summed E-state index contributed by atoms with van der Waals surface area (Å²) in [7, 11) is 1.63. The van der Waals surface area contributed by atoms with Crippen LogP contribution in [0, 0.1) is 5.41 Å². The monoisotopic (exact) mass is 248 g/mol. The fourth-order valence-electron chi connectivity index (χ4n) is 1.40. The van der Waals surface area contributed by atoms with Crippen molar-refractivity contribution >= 4 is 12.0 Å². The quantitative estimate of drug-likeness (QED) is 0.750. The lowest BCUT2D eigenvalue weighted by Gasteiger charge is -2.17. The fraction of sp³-hybridized carbons (Fsp3) is 0.400. The Bertz CT molecular complexity index is 416. The van der Waals surface area contributed by atoms with Crippen LogP contribution >= 0.6 is 0 Å². The number of carbonyl (C=O) groups is 1. The van der Waals surface area contributed by atoms with Gasteiger partial charge in [0, 0.05) is 0 Å². The molecule has 1 rings (SSSR count). The lowest BCUT2D eigenvalue weighted by molar-refractivity contribution is -0.150. The van der Waals surface area contributed by atoms with Crippen molar-refractivity contribution in [1.29, 1.82) is 0 Å². The maximum Gasteiger partial charge on any atom is 0.315 e. The van der Waals surface area contributed by atoms with Crippen LogP contribution in [0.3, 0.4) is 0 Å². The minimum Gasteiger partial charge on any atom is -0.497 e. The molecule has 3 heteroatoms. The lowest BCUT2D eigenvalue weighted by atomic mass is 9.92. The van der Waals surface area contributed by atoms with Crippen LogP contribution in [0.15, 0.2) is 30.3 Å². The fourth-order valence-corrected chi connectivity index (χ4v) is 1.40. The van der Waals surface area contributed by atoms with Gasteiger partial charge in [0.2, 0.25) is 0 Å². The highest BCUT2D eigenvalue weighted by atomic mass is 16.5. The van der Waals surface area contributed by atoms with Crippen molar-refractivity contribution in [2.45, 2.75) is 20.8 Å². The van der Waals surface area contributed by atoms with Crippen molar-refractivity contribution in [3.05, 3.63) is 35.9 Å². The van der Waals surface area contributed by atoms with E-state index in [1.807, 2.05) is 50.3 Å². The number of methoxy groups -OCH3 is 1. The summed E-state index contributed by atoms with van der Waals surface area (Å²) in [6.45, 7) is 5.88. The highest BCUT2D eigenvalue weighted by Gasteiger charge is 2.25. The van der Waals surface area contributed by atoms with Crippen LogP contribution in [0.5, 0.6) is 5.75 Å². The molecule has 0 amide bonds. The van der Waals surface area contributed by atoms with E-state index in [2.05, 4.69) is 0 Å². The number of hydrogen-bond acceptors (Lipinski definition) is 3. The summed E-state index contributed by atoms with van der Waals surface area (Å²) in [5.74, 6) is 0.603. The van der Waals surface area contributed by atoms with Gasteiger partial charge in [0.15, 0.2) is 0 Å². The van der Waals surface area contributed by atoms with Gasteiger partial charge in [0.1, 0.15) is 5.75 Å². The average Bonchev–Trinajstić information content (AvgIpc) is 2.37. The van der Waals surface area contributed by atoms with Gasteiger partial charge in [0.05, 0.1) is 19.1 Å². The number of hydrogen-bond donors (Lipinski definition) is 0. The molecule has 0 aliphatic carbocycles. The van der Waals surface area contributed by atoms with Crippen molar-refractivity contribution in [3.63, 3.8) is 0 Å². The molecule has 18 heavy (non-hydrogen) atoms. The van der Waals surface area contributed by atoms with Crippen molar-refractivity contribution in [1.82, 2.24) is 0 Å². The summed E-state index contributed by atoms with van der Waals surface area (Å²) in [6, 6.07) is 7.65. The molecule has 0 saturated carbocycles. The van der Waals surface area contributed by atoms with Gasteiger partial charge in [-0.2, -0.15) is 0 Å². The zero-order valence-corrected chi connectivity index (χ0v) is 11.4. The summed E-state index contributed by atoms with van der Waals surface area (Å²) in [4.78, 5) is 11.7. The Morgan fingerprint density at radius 1 is 1.28 bits per heavy atom. The Morgan fingerprint density at radius 3 is 2.39 bits per heavy atom. The first-order valence-corrected chi connectivity index (χ1v) is 6.00. The van der Waals surface area contributed by atoms with Crippen LogP contribution < -0.4 is 4.74 Å². The van der Waals surface area contributed by atoms with Crippen molar-refractivity contribution < 1.29 is 14.3 Å². The van der Waals surface area contributed by atoms with Crippen LogP contribution in [0.2, 0.25) is 0 Å². The molecule has 0 aliphatic rings. The molecule has 0 atom stereocenters. The second-order valence-electron chi connectivity index (χ2n) is 4.55. The zero-order valence-electron chi connectivity index (χ0n) is 11.4. The lowest BCUT2D eigenvalue weighted by Crippen LogP contribution is -2.24. The molecule has 0 radical (unpaired) electrons. The second kappa shape index (κ2) is 6.24. The molecule has 0 bridgehead atoms. The van der Waals surface area contributed by atoms with Gasteiger partial charge in [-0.25, -0.2) is 0 Å². The van der Waals surface area contributed by atoms with Gasteiger partial charge in [-0.1, -0.05) is 24.3 Å². The Kier molecular flexibility index (Phi) is 4.95. The Labute approximate surface area is 108 Å². The molecule has 1 aromatic carbocycles. The van der Waals surface area contributed by atoms with Gasteiger partial charge in [-0.15, -0.1) is 0 Å². The third-order valence-corrected chi connectivity index (χ3v) is 2.61. The molecule has 1 aromatic rings. The van der Waals surface area contributed by atoms with E-state index >= 15 is 0 Å². The third kappa shape index (κ3) is 3.91. The van der Waals surface area contributed by atoms with Gasteiger partial charge in [-0.3, -0.25) is 4.79 Å². The molecule has 0 aromatic heterocycles. The van der Waals surface area contributed by atoms with E-state index in [1.165, 1.54) is 0 Å². The molecular formula is C15H20O3. The molecule has 0 unspecified atom stereocenters. The van der Waals surface area contributed by atoms with Crippen LogP contribution in [0.4, 0.5) is 0 Å². The predicted molar refractivity (Wildman–Crippen MR) is 72.4 cm³/mol. The van der Waals surface area contributed by atoms with E-state index in [1.54, 1.807) is 14.0 Å². The first-order chi connectivity index (χ1) is 8.49. The average molecular weight is 248 g/mol. The molecule has 3 nitrogen and oxygen atoms in total. The maximum absolute atomic E-state index is 11.7. The standard InChI is InChI=1S/C15H20O3/c1-5-18-14(16)15(2,3)11-10-12-6-8-13(17-4)9-7-12/h6-11H,5H2,1-4H3/b11-10+. The summed E-state index contributed by atoms with van der Waals surface area (Å²) >= 11 is 0. The maximum atomic E-state index is 11.7. The van der Waals surface area contributed by atoms with E-state index in [4.69, 9.17) is 9.47 Å². The molecule has 0 spiro atoms. The molecule has 98 valence electrons. The number of benzene rings is 1. The van der Waals surface area contributed by atoms with E-state index < -0.39 is 5.41 Å². The largest absolute Gasteiger partial charge is 0.497 e. The van der Waals surface area contributed by atoms with E-state index in [9.17, 15) is 4.79 Å². The Hall–Kier alpha value is -1.77. The van der Waals surface area contributed by atoms with Gasteiger partial charge < -0.3 is 9.47 Å². The number of ether oxygens (including phenoxy) is 2. The topological polar surface area (TPSA) is 35.5 Å². The molecule has 0 saturated heterocycles. The van der Waals surface area contributed by atoms with Crippen LogP contribution in [-0.2, 0) is 9.53 Å². The van der Waals surface area contributed by atoms with E-state index in [0.29, 0.717) is 6.61 Å². The highest BCUT2D eigenvalue weighted by molar-refractivity contribution is 5.79. The van der Waals surface area contributed by atoms with Gasteiger partial charge in [-0.05, 0) is 38.5 Å². The normalized spacial score (nSPS) is 11.6. The molecular weight excluding hydrogens is 228 g/mol. The summed E-state index contributed by atoms with van der Waals surface area (Å²) < 4.78 is 10.1. The molecule has 0 N–H and O–H groups in total. The molecule has 0 aliphatic heterocycles. The number of rotatable bonds is 5. The second-order valence-corrected chi connectivity index (χ2v) is 4.55. The molecule has 0 heterocycles. The smallest absolute Gasteiger partial charge is 0.315 e. The predicted octanol–water partition coefficient (Wildman–Crippen LogP) is 3.30. The highest BCUT2D eigenvalue weighted by Crippen LogP contribution is 2.21. The van der Waals surface area contributed by atoms with Crippen LogP contribution in [-0.4, -0.2) is 19.7 Å². The van der Waals surface area contributed by atoms with Gasteiger partial charge >= 0.3 is 5.97 Å². The van der Waals surface area contributed by atoms with Crippen molar-refractivity contribution in [2.24, 2.45) is 5.41 Å². The van der Waals surface area contributed by atoms with Crippen molar-refractivity contribution in [2.75, 3.05) is 13.7 Å². The van der Waals surface area contributed by atoms with E-state index in [0.717, 1.165) is 11.3 Å². The van der Waals surface area contributed by atoms with Gasteiger partial charge in [0.25, 0.3) is 0 Å². The first-order valence-electron chi connectivity index (χ1n) is 6.00. The Balaban J connectivity index is 2.75. The SMILES string of the molecule is CCOC(=O)C(C)(C)/C=C/c1ccc(OC)cc1. The zero-order chi connectivity index (χ0) is 13.6. The summed E-state index contributed by atoms with van der Waals surface area (Å²) in [6.07, 6.45) is 3.77. The first kappa shape index (κ1) is 14.3. The minimum absolute atomic E-state index is 0.213. The third-order valence-electron chi connectivity index (χ3n) is 2.61. The molecule has 0 fully saturated rings. The Morgan fingerprint density at radius 2 is 1.89 bits per heavy atom.